The van der Waals surface area contributed by atoms with Gasteiger partial charge >= 0.3 is 0 Å². The molecule has 0 amide bonds. The first-order chi connectivity index (χ1) is 9.72. The third-order valence-corrected chi connectivity index (χ3v) is 3.19. The van der Waals surface area contributed by atoms with Gasteiger partial charge in [0.05, 0.1) is 20.3 Å². The van der Waals surface area contributed by atoms with Crippen LogP contribution < -0.4 is 14.8 Å². The molecule has 2 aromatic rings. The van der Waals surface area contributed by atoms with Crippen molar-refractivity contribution in [3.05, 3.63) is 39.9 Å². The van der Waals surface area contributed by atoms with Crippen molar-refractivity contribution in [3.8, 4) is 11.5 Å². The van der Waals surface area contributed by atoms with Gasteiger partial charge in [0.2, 0.25) is 0 Å². The first-order valence-corrected chi connectivity index (χ1v) is 7.20. The van der Waals surface area contributed by atoms with Gasteiger partial charge in [-0.05, 0) is 46.9 Å². The van der Waals surface area contributed by atoms with Crippen LogP contribution in [0.15, 0.2) is 34.7 Å². The van der Waals surface area contributed by atoms with Gasteiger partial charge in [0.15, 0.2) is 15.3 Å². The molecule has 20 heavy (non-hydrogen) atoms. The summed E-state index contributed by atoms with van der Waals surface area (Å²) in [5.74, 6) is 2.10. The Labute approximate surface area is 131 Å². The minimum Gasteiger partial charge on any atom is -0.493 e. The number of nitrogens with one attached hydrogen (secondary N) is 1. The topological polar surface area (TPSA) is 63.9 Å². The number of halogens is 1. The van der Waals surface area contributed by atoms with E-state index in [9.17, 15) is 0 Å². The van der Waals surface area contributed by atoms with Gasteiger partial charge in [0, 0.05) is 11.8 Å². The molecule has 0 unspecified atom stereocenters. The Hall–Kier alpha value is -1.41. The van der Waals surface area contributed by atoms with Gasteiger partial charge in [-0.25, -0.2) is 0 Å². The van der Waals surface area contributed by atoms with Crippen LogP contribution >= 0.6 is 22.6 Å². The van der Waals surface area contributed by atoms with Gasteiger partial charge in [-0.2, -0.15) is 0 Å². The normalized spacial score (nSPS) is 10.3. The number of benzene rings is 1. The SMILES string of the molecule is COc1ccc(NCc2ccc(I)o2)cc1OCCO. The van der Waals surface area contributed by atoms with Crippen molar-refractivity contribution < 1.29 is 19.0 Å². The maximum absolute atomic E-state index is 8.82. The Balaban J connectivity index is 2.03. The van der Waals surface area contributed by atoms with Crippen molar-refractivity contribution in [2.24, 2.45) is 0 Å². The number of furan rings is 1. The summed E-state index contributed by atoms with van der Waals surface area (Å²) in [4.78, 5) is 0. The van der Waals surface area contributed by atoms with Crippen molar-refractivity contribution >= 4 is 28.3 Å². The number of methoxy groups -OCH3 is 1. The fourth-order valence-corrected chi connectivity index (χ4v) is 2.15. The van der Waals surface area contributed by atoms with E-state index in [4.69, 9.17) is 19.0 Å². The average Bonchev–Trinajstić information content (AvgIpc) is 2.88. The molecule has 0 fully saturated rings. The summed E-state index contributed by atoms with van der Waals surface area (Å²) in [5, 5.41) is 12.1. The zero-order valence-corrected chi connectivity index (χ0v) is 13.2. The average molecular weight is 389 g/mol. The number of aliphatic hydroxyl groups excluding tert-OH is 1. The lowest BCUT2D eigenvalue weighted by atomic mass is 10.2. The van der Waals surface area contributed by atoms with Gasteiger partial charge in [0.25, 0.3) is 0 Å². The fourth-order valence-electron chi connectivity index (χ4n) is 1.69. The largest absolute Gasteiger partial charge is 0.493 e. The molecule has 0 bridgehead atoms. The summed E-state index contributed by atoms with van der Waals surface area (Å²) in [6.07, 6.45) is 0. The Morgan fingerprint density at radius 1 is 1.25 bits per heavy atom. The van der Waals surface area contributed by atoms with Crippen molar-refractivity contribution in [2.75, 3.05) is 25.6 Å². The third-order valence-electron chi connectivity index (χ3n) is 2.61. The number of ether oxygens (including phenoxy) is 2. The Morgan fingerprint density at radius 2 is 2.10 bits per heavy atom. The van der Waals surface area contributed by atoms with Crippen LogP contribution in [0.3, 0.4) is 0 Å². The highest BCUT2D eigenvalue weighted by molar-refractivity contribution is 14.1. The van der Waals surface area contributed by atoms with E-state index >= 15 is 0 Å². The van der Waals surface area contributed by atoms with E-state index in [2.05, 4.69) is 27.9 Å². The lowest BCUT2D eigenvalue weighted by molar-refractivity contribution is 0.196. The molecule has 0 aliphatic carbocycles. The number of hydrogen-bond acceptors (Lipinski definition) is 5. The molecule has 5 nitrogen and oxygen atoms in total. The van der Waals surface area contributed by atoms with Crippen LogP contribution in [-0.2, 0) is 6.54 Å². The fraction of sp³-hybridized carbons (Fsp3) is 0.286. The molecular weight excluding hydrogens is 373 g/mol. The van der Waals surface area contributed by atoms with E-state index in [1.165, 1.54) is 0 Å². The lowest BCUT2D eigenvalue weighted by Gasteiger charge is -2.12. The number of anilines is 1. The van der Waals surface area contributed by atoms with E-state index < -0.39 is 0 Å². The molecule has 1 aromatic carbocycles. The van der Waals surface area contributed by atoms with Gasteiger partial charge in [-0.3, -0.25) is 0 Å². The number of hydrogen-bond donors (Lipinski definition) is 2. The molecule has 1 heterocycles. The van der Waals surface area contributed by atoms with Crippen LogP contribution in [0.4, 0.5) is 5.69 Å². The van der Waals surface area contributed by atoms with Gasteiger partial charge in [0.1, 0.15) is 12.4 Å². The molecule has 0 aliphatic heterocycles. The maximum Gasteiger partial charge on any atom is 0.164 e. The van der Waals surface area contributed by atoms with Crippen molar-refractivity contribution in [2.45, 2.75) is 6.54 Å². The summed E-state index contributed by atoms with van der Waals surface area (Å²) in [7, 11) is 1.58. The predicted molar refractivity (Wildman–Crippen MR) is 84.3 cm³/mol. The number of rotatable bonds is 7. The zero-order valence-electron chi connectivity index (χ0n) is 11.1. The summed E-state index contributed by atoms with van der Waals surface area (Å²) < 4.78 is 17.0. The van der Waals surface area contributed by atoms with Gasteiger partial charge in [-0.15, -0.1) is 0 Å². The number of aliphatic hydroxyl groups is 1. The van der Waals surface area contributed by atoms with E-state index in [-0.39, 0.29) is 13.2 Å². The second-order valence-corrected chi connectivity index (χ2v) is 5.06. The van der Waals surface area contributed by atoms with Gasteiger partial charge < -0.3 is 24.3 Å². The highest BCUT2D eigenvalue weighted by Gasteiger charge is 2.06. The molecule has 0 aliphatic rings. The van der Waals surface area contributed by atoms with Crippen LogP contribution in [0.2, 0.25) is 0 Å². The minimum absolute atomic E-state index is 0.0361. The molecule has 6 heteroatoms. The summed E-state index contributed by atoms with van der Waals surface area (Å²) in [5.41, 5.74) is 0.894. The molecule has 0 saturated heterocycles. The van der Waals surface area contributed by atoms with Crippen LogP contribution in [-0.4, -0.2) is 25.4 Å². The lowest BCUT2D eigenvalue weighted by Crippen LogP contribution is -2.04. The van der Waals surface area contributed by atoms with E-state index in [0.717, 1.165) is 15.2 Å². The highest BCUT2D eigenvalue weighted by Crippen LogP contribution is 2.30. The first kappa shape index (κ1) is 15.0. The highest BCUT2D eigenvalue weighted by atomic mass is 127. The molecule has 0 spiro atoms. The molecule has 0 saturated carbocycles. The van der Waals surface area contributed by atoms with Crippen molar-refractivity contribution in [3.63, 3.8) is 0 Å². The quantitative estimate of drug-likeness (QED) is 0.714. The zero-order chi connectivity index (χ0) is 14.4. The van der Waals surface area contributed by atoms with Crippen LogP contribution in [0.1, 0.15) is 5.76 Å². The van der Waals surface area contributed by atoms with Crippen molar-refractivity contribution in [1.29, 1.82) is 0 Å². The second kappa shape index (κ2) is 7.39. The van der Waals surface area contributed by atoms with E-state index in [1.54, 1.807) is 7.11 Å². The Kier molecular flexibility index (Phi) is 5.54. The van der Waals surface area contributed by atoms with Crippen molar-refractivity contribution in [1.82, 2.24) is 0 Å². The molecule has 2 rings (SSSR count). The summed E-state index contributed by atoms with van der Waals surface area (Å²) in [6.45, 7) is 0.788. The van der Waals surface area contributed by atoms with E-state index in [1.807, 2.05) is 30.3 Å². The summed E-state index contributed by atoms with van der Waals surface area (Å²) >= 11 is 2.13. The third kappa shape index (κ3) is 4.04. The minimum atomic E-state index is -0.0361. The smallest absolute Gasteiger partial charge is 0.164 e. The van der Waals surface area contributed by atoms with Crippen LogP contribution in [0.25, 0.3) is 0 Å². The Morgan fingerprint density at radius 3 is 2.75 bits per heavy atom. The summed E-state index contributed by atoms with van der Waals surface area (Å²) in [6, 6.07) is 9.41. The van der Waals surface area contributed by atoms with Crippen LogP contribution in [0, 0.1) is 3.77 Å². The monoisotopic (exact) mass is 389 g/mol. The molecule has 2 N–H and O–H groups in total. The predicted octanol–water partition coefficient (Wildman–Crippen LogP) is 2.88. The molecule has 0 radical (unpaired) electrons. The Bertz CT molecular complexity index is 556. The molecule has 108 valence electrons. The second-order valence-electron chi connectivity index (χ2n) is 4.00. The van der Waals surface area contributed by atoms with E-state index in [0.29, 0.717) is 18.0 Å². The standard InChI is InChI=1S/C14H16INO4/c1-18-12-4-2-10(8-13(12)19-7-6-17)16-9-11-3-5-14(15)20-11/h2-5,8,16-17H,6-7,9H2,1H3. The molecular formula is C14H16INO4. The molecule has 1 aromatic heterocycles. The first-order valence-electron chi connectivity index (χ1n) is 6.12. The van der Waals surface area contributed by atoms with Crippen LogP contribution in [0.5, 0.6) is 11.5 Å². The maximum atomic E-state index is 8.82. The molecule has 0 atom stereocenters. The van der Waals surface area contributed by atoms with Gasteiger partial charge in [-0.1, -0.05) is 0 Å².